The van der Waals surface area contributed by atoms with Crippen LogP contribution in [-0.2, 0) is 10.8 Å². The summed E-state index contributed by atoms with van der Waals surface area (Å²) in [6.07, 6.45) is 0. The number of para-hydroxylation sites is 3. The second kappa shape index (κ2) is 14.3. The number of anilines is 9. The maximum Gasteiger partial charge on any atom is 0.264 e. The van der Waals surface area contributed by atoms with E-state index in [1.54, 1.807) is 0 Å². The second-order valence-electron chi connectivity index (χ2n) is 19.4. The van der Waals surface area contributed by atoms with Crippen LogP contribution in [0.2, 0.25) is 0 Å². The van der Waals surface area contributed by atoms with Crippen LogP contribution in [0.15, 0.2) is 186 Å². The molecular formula is C58H48BN3OS. The van der Waals surface area contributed by atoms with Crippen molar-refractivity contribution in [1.29, 1.82) is 0 Å². The molecule has 0 fully saturated rings. The highest BCUT2D eigenvalue weighted by molar-refractivity contribution is 7.33. The van der Waals surface area contributed by atoms with E-state index in [4.69, 9.17) is 4.42 Å². The molecule has 0 aliphatic carbocycles. The molecule has 310 valence electrons. The molecule has 0 saturated carbocycles. The van der Waals surface area contributed by atoms with Crippen molar-refractivity contribution in [1.82, 2.24) is 0 Å². The molecule has 4 nitrogen and oxygen atoms in total. The summed E-state index contributed by atoms with van der Waals surface area (Å²) < 4.78 is 9.53. The van der Waals surface area contributed by atoms with E-state index < -0.39 is 0 Å². The van der Waals surface area contributed by atoms with Gasteiger partial charge in [-0.25, -0.2) is 0 Å². The predicted molar refractivity (Wildman–Crippen MR) is 275 cm³/mol. The van der Waals surface area contributed by atoms with Crippen LogP contribution < -0.4 is 30.4 Å². The number of rotatable bonds is 5. The molecule has 10 aromatic rings. The molecule has 0 amide bonds. The van der Waals surface area contributed by atoms with Crippen LogP contribution in [0.1, 0.15) is 52.7 Å². The lowest BCUT2D eigenvalue weighted by Crippen LogP contribution is -2.60. The first-order valence-corrected chi connectivity index (χ1v) is 23.2. The average molecular weight is 846 g/mol. The lowest BCUT2D eigenvalue weighted by atomic mass is 9.36. The second-order valence-corrected chi connectivity index (χ2v) is 20.5. The van der Waals surface area contributed by atoms with E-state index in [2.05, 4.69) is 238 Å². The monoisotopic (exact) mass is 845 g/mol. The fourth-order valence-corrected chi connectivity index (χ4v) is 11.5. The Bertz CT molecular complexity index is 3370. The van der Waals surface area contributed by atoms with Gasteiger partial charge in [0.25, 0.3) is 6.71 Å². The summed E-state index contributed by atoms with van der Waals surface area (Å²) >= 11 is 1.92. The fourth-order valence-electron chi connectivity index (χ4n) is 10.2. The van der Waals surface area contributed by atoms with Gasteiger partial charge in [0, 0.05) is 65.4 Å². The summed E-state index contributed by atoms with van der Waals surface area (Å²) in [4.78, 5) is 7.42. The van der Waals surface area contributed by atoms with Gasteiger partial charge in [0.15, 0.2) is 5.58 Å². The average Bonchev–Trinajstić information content (AvgIpc) is 3.88. The highest BCUT2D eigenvalue weighted by atomic mass is 32.1. The Morgan fingerprint density at radius 1 is 0.484 bits per heavy atom. The van der Waals surface area contributed by atoms with Gasteiger partial charge in [-0.05, 0) is 112 Å². The zero-order chi connectivity index (χ0) is 43.5. The van der Waals surface area contributed by atoms with Gasteiger partial charge in [0.1, 0.15) is 5.58 Å². The van der Waals surface area contributed by atoms with E-state index in [1.165, 1.54) is 48.3 Å². The number of hydrogen-bond acceptors (Lipinski definition) is 5. The van der Waals surface area contributed by atoms with Gasteiger partial charge in [0.05, 0.1) is 11.4 Å². The Morgan fingerprint density at radius 3 is 1.73 bits per heavy atom. The Balaban J connectivity index is 1.15. The van der Waals surface area contributed by atoms with E-state index in [-0.39, 0.29) is 17.5 Å². The van der Waals surface area contributed by atoms with Crippen molar-refractivity contribution in [2.45, 2.75) is 52.4 Å². The van der Waals surface area contributed by atoms with Crippen LogP contribution in [0, 0.1) is 0 Å². The zero-order valence-corrected chi connectivity index (χ0v) is 37.9. The first-order valence-electron chi connectivity index (χ1n) is 22.4. The van der Waals surface area contributed by atoms with Crippen molar-refractivity contribution in [3.05, 3.63) is 193 Å². The molecular weight excluding hydrogens is 798 g/mol. The van der Waals surface area contributed by atoms with Crippen LogP contribution >= 0.6 is 11.3 Å². The molecule has 12 rings (SSSR count). The lowest BCUT2D eigenvalue weighted by Gasteiger charge is -2.43. The largest absolute Gasteiger partial charge is 0.454 e. The molecule has 2 aliphatic rings. The number of thiophene rings is 1. The topological polar surface area (TPSA) is 22.9 Å². The third kappa shape index (κ3) is 5.96. The molecule has 6 heteroatoms. The quantitative estimate of drug-likeness (QED) is 0.161. The van der Waals surface area contributed by atoms with Crippen LogP contribution in [0.4, 0.5) is 51.2 Å². The summed E-state index contributed by atoms with van der Waals surface area (Å²) in [6, 6.07) is 67.2. The minimum atomic E-state index is -0.000623. The smallest absolute Gasteiger partial charge is 0.264 e. The minimum absolute atomic E-state index is 0.000623. The lowest BCUT2D eigenvalue weighted by molar-refractivity contribution is 0.590. The van der Waals surface area contributed by atoms with Crippen molar-refractivity contribution >= 4 is 117 Å². The summed E-state index contributed by atoms with van der Waals surface area (Å²) in [6.45, 7) is 13.7. The van der Waals surface area contributed by atoms with E-state index in [9.17, 15) is 0 Å². The maximum atomic E-state index is 6.88. The summed E-state index contributed by atoms with van der Waals surface area (Å²) in [7, 11) is 0. The van der Waals surface area contributed by atoms with E-state index in [1.807, 2.05) is 11.3 Å². The van der Waals surface area contributed by atoms with Gasteiger partial charge in [-0.1, -0.05) is 145 Å². The number of furan rings is 1. The van der Waals surface area contributed by atoms with Gasteiger partial charge in [-0.15, -0.1) is 11.3 Å². The minimum Gasteiger partial charge on any atom is -0.454 e. The van der Waals surface area contributed by atoms with Gasteiger partial charge in [0.2, 0.25) is 0 Å². The van der Waals surface area contributed by atoms with Crippen molar-refractivity contribution in [2.75, 3.05) is 14.7 Å². The van der Waals surface area contributed by atoms with Crippen molar-refractivity contribution in [2.24, 2.45) is 0 Å². The van der Waals surface area contributed by atoms with Crippen LogP contribution in [0.5, 0.6) is 0 Å². The Kier molecular flexibility index (Phi) is 8.60. The number of hydrogen-bond donors (Lipinski definition) is 0. The van der Waals surface area contributed by atoms with E-state index in [0.717, 1.165) is 61.8 Å². The summed E-state index contributed by atoms with van der Waals surface area (Å²) in [5.74, 6) is 0. The summed E-state index contributed by atoms with van der Waals surface area (Å²) in [5, 5.41) is 3.50. The number of fused-ring (bicyclic) bond motifs is 9. The highest BCUT2D eigenvalue weighted by Crippen LogP contribution is 2.50. The first kappa shape index (κ1) is 38.6. The SMILES string of the molecule is CC(C)(C)c1ccc(N(c2ccc(C(C)(C)C)cc2)c2ccc3c(c2)N(c2cccc4c2oc2ccccc24)c2cccc4c2B3c2sc3ccccc3c2N4c2ccccc2)cc1. The fraction of sp³-hybridized carbons (Fsp3) is 0.138. The Morgan fingerprint density at radius 2 is 1.05 bits per heavy atom. The standard InChI is InChI=1S/C58H48BN3OS/c1-57(2,3)37-26-30-40(31-27-37)60(41-32-28-38(29-33-41)58(4,5)6)42-34-35-46-50(36-42)62(49-23-14-20-44-43-18-10-12-24-51(43)63-55(44)49)48-22-15-21-47-53(48)59(46)56-54(45-19-11-13-25-52(45)64-56)61(47)39-16-8-7-9-17-39/h7-36H,1-6H3. The molecule has 4 heterocycles. The molecule has 0 spiro atoms. The molecule has 2 aromatic heterocycles. The number of benzene rings is 8. The predicted octanol–water partition coefficient (Wildman–Crippen LogP) is 14.9. The van der Waals surface area contributed by atoms with Crippen LogP contribution in [0.25, 0.3) is 32.0 Å². The molecule has 8 aromatic carbocycles. The molecule has 0 atom stereocenters. The normalized spacial score (nSPS) is 13.4. The third-order valence-corrected chi connectivity index (χ3v) is 14.6. The van der Waals surface area contributed by atoms with Crippen molar-refractivity contribution in [3.8, 4) is 0 Å². The first-order chi connectivity index (χ1) is 31.0. The van der Waals surface area contributed by atoms with Gasteiger partial charge in [-0.3, -0.25) is 0 Å². The maximum absolute atomic E-state index is 6.88. The number of nitrogens with zero attached hydrogens (tertiary/aromatic N) is 3. The Hall–Kier alpha value is -7.02. The molecule has 0 saturated heterocycles. The van der Waals surface area contributed by atoms with Gasteiger partial charge in [-0.2, -0.15) is 0 Å². The summed E-state index contributed by atoms with van der Waals surface area (Å²) in [5.41, 5.74) is 17.3. The third-order valence-electron chi connectivity index (χ3n) is 13.4. The van der Waals surface area contributed by atoms with Crippen molar-refractivity contribution in [3.63, 3.8) is 0 Å². The molecule has 0 unspecified atom stereocenters. The van der Waals surface area contributed by atoms with Crippen LogP contribution in [-0.4, -0.2) is 6.71 Å². The molecule has 0 N–H and O–H groups in total. The molecule has 0 bridgehead atoms. The van der Waals surface area contributed by atoms with Gasteiger partial charge >= 0.3 is 0 Å². The van der Waals surface area contributed by atoms with E-state index >= 15 is 0 Å². The van der Waals surface area contributed by atoms with Gasteiger partial charge < -0.3 is 19.1 Å². The molecule has 64 heavy (non-hydrogen) atoms. The molecule has 0 radical (unpaired) electrons. The molecule has 2 aliphatic heterocycles. The Labute approximate surface area is 379 Å². The highest BCUT2D eigenvalue weighted by Gasteiger charge is 2.45. The van der Waals surface area contributed by atoms with Crippen molar-refractivity contribution < 1.29 is 4.42 Å². The zero-order valence-electron chi connectivity index (χ0n) is 37.1. The van der Waals surface area contributed by atoms with E-state index in [0.29, 0.717) is 0 Å². The van der Waals surface area contributed by atoms with Crippen LogP contribution in [0.3, 0.4) is 0 Å².